The first kappa shape index (κ1) is 19.3. The number of rotatable bonds is 8. The van der Waals surface area contributed by atoms with Crippen LogP contribution in [0.5, 0.6) is 5.75 Å². The second-order valence-electron chi connectivity index (χ2n) is 5.56. The van der Waals surface area contributed by atoms with Crippen molar-refractivity contribution in [2.75, 3.05) is 44.3 Å². The number of aromatic nitrogens is 1. The summed E-state index contributed by atoms with van der Waals surface area (Å²) in [5.41, 5.74) is 0.347. The van der Waals surface area contributed by atoms with Crippen LogP contribution < -0.4 is 14.8 Å². The lowest BCUT2D eigenvalue weighted by Gasteiger charge is -2.13. The van der Waals surface area contributed by atoms with E-state index in [1.54, 1.807) is 18.2 Å². The van der Waals surface area contributed by atoms with E-state index < -0.39 is 10.0 Å². The standard InChI is InChI=1S/C16H21ClN4O3S/c1-21(2)9-8-18-16-7-5-13(11-19-16)20-25(22,23)15-10-12(17)4-6-14(15)24-3/h4-7,10-11,20H,8-9H2,1-3H3,(H,18,19). The van der Waals surface area contributed by atoms with Gasteiger partial charge in [0.25, 0.3) is 10.0 Å². The average molecular weight is 385 g/mol. The predicted octanol–water partition coefficient (Wildman–Crippen LogP) is 2.52. The summed E-state index contributed by atoms with van der Waals surface area (Å²) in [6.07, 6.45) is 1.45. The summed E-state index contributed by atoms with van der Waals surface area (Å²) < 4.78 is 32.7. The predicted molar refractivity (Wildman–Crippen MR) is 100 cm³/mol. The van der Waals surface area contributed by atoms with Gasteiger partial charge < -0.3 is 15.0 Å². The highest BCUT2D eigenvalue weighted by atomic mass is 35.5. The van der Waals surface area contributed by atoms with Crippen LogP contribution >= 0.6 is 11.6 Å². The third-order valence-corrected chi connectivity index (χ3v) is 4.93. The third-order valence-electron chi connectivity index (χ3n) is 3.30. The first-order valence-corrected chi connectivity index (χ1v) is 9.39. The molecule has 0 spiro atoms. The largest absolute Gasteiger partial charge is 0.495 e. The van der Waals surface area contributed by atoms with Gasteiger partial charge in [0.2, 0.25) is 0 Å². The number of nitrogens with one attached hydrogen (secondary N) is 2. The van der Waals surface area contributed by atoms with Gasteiger partial charge in [-0.25, -0.2) is 13.4 Å². The van der Waals surface area contributed by atoms with Crippen LogP contribution in [-0.2, 0) is 10.0 Å². The van der Waals surface area contributed by atoms with Crippen molar-refractivity contribution in [1.29, 1.82) is 0 Å². The van der Waals surface area contributed by atoms with Gasteiger partial charge in [0.15, 0.2) is 0 Å². The number of sulfonamides is 1. The second kappa shape index (κ2) is 8.37. The molecule has 25 heavy (non-hydrogen) atoms. The van der Waals surface area contributed by atoms with E-state index in [0.29, 0.717) is 16.5 Å². The molecule has 2 aromatic rings. The molecular formula is C16H21ClN4O3S. The molecule has 0 aliphatic carbocycles. The lowest BCUT2D eigenvalue weighted by molar-refractivity contribution is 0.403. The van der Waals surface area contributed by atoms with E-state index in [1.807, 2.05) is 19.0 Å². The molecule has 0 saturated carbocycles. The molecule has 2 N–H and O–H groups in total. The first-order chi connectivity index (χ1) is 11.8. The van der Waals surface area contributed by atoms with Gasteiger partial charge in [0.05, 0.1) is 19.0 Å². The van der Waals surface area contributed by atoms with Gasteiger partial charge in [-0.1, -0.05) is 11.6 Å². The van der Waals surface area contributed by atoms with E-state index in [0.717, 1.165) is 13.1 Å². The fraction of sp³-hybridized carbons (Fsp3) is 0.312. The molecule has 1 aromatic heterocycles. The molecule has 9 heteroatoms. The molecule has 1 aromatic carbocycles. The number of hydrogen-bond acceptors (Lipinski definition) is 6. The van der Waals surface area contributed by atoms with Crippen molar-refractivity contribution in [3.8, 4) is 5.75 Å². The maximum absolute atomic E-state index is 12.6. The minimum absolute atomic E-state index is 0.0318. The molecule has 0 amide bonds. The Bertz CT molecular complexity index is 811. The van der Waals surface area contributed by atoms with Gasteiger partial charge in [-0.2, -0.15) is 0 Å². The minimum atomic E-state index is -3.85. The van der Waals surface area contributed by atoms with Crippen LogP contribution in [0, 0.1) is 0 Å². The van der Waals surface area contributed by atoms with Crippen LogP contribution in [0.15, 0.2) is 41.4 Å². The maximum atomic E-state index is 12.6. The molecule has 0 radical (unpaired) electrons. The summed E-state index contributed by atoms with van der Waals surface area (Å²) in [6.45, 7) is 1.61. The fourth-order valence-corrected chi connectivity index (χ4v) is 3.51. The molecule has 0 fully saturated rings. The van der Waals surface area contributed by atoms with Crippen molar-refractivity contribution in [3.63, 3.8) is 0 Å². The Kier molecular flexibility index (Phi) is 6.46. The van der Waals surface area contributed by atoms with Gasteiger partial charge >= 0.3 is 0 Å². The van der Waals surface area contributed by atoms with E-state index in [9.17, 15) is 8.42 Å². The number of ether oxygens (including phenoxy) is 1. The molecule has 0 atom stereocenters. The number of hydrogen-bond donors (Lipinski definition) is 2. The number of nitrogens with zero attached hydrogens (tertiary/aromatic N) is 2. The smallest absolute Gasteiger partial charge is 0.265 e. The Hall–Kier alpha value is -2.03. The Labute approximate surface area is 153 Å². The summed E-state index contributed by atoms with van der Waals surface area (Å²) in [7, 11) is 1.52. The van der Waals surface area contributed by atoms with Crippen molar-refractivity contribution < 1.29 is 13.2 Å². The number of benzene rings is 1. The van der Waals surface area contributed by atoms with Gasteiger partial charge in [-0.05, 0) is 44.4 Å². The van der Waals surface area contributed by atoms with E-state index in [2.05, 4.69) is 15.0 Å². The quantitative estimate of drug-likeness (QED) is 0.727. The van der Waals surface area contributed by atoms with Gasteiger partial charge in [-0.3, -0.25) is 4.72 Å². The maximum Gasteiger partial charge on any atom is 0.265 e. The topological polar surface area (TPSA) is 83.6 Å². The highest BCUT2D eigenvalue weighted by Crippen LogP contribution is 2.28. The third kappa shape index (κ3) is 5.48. The van der Waals surface area contributed by atoms with Gasteiger partial charge in [0, 0.05) is 18.1 Å². The molecule has 2 rings (SSSR count). The molecular weight excluding hydrogens is 364 g/mol. The molecule has 136 valence electrons. The minimum Gasteiger partial charge on any atom is -0.495 e. The SMILES string of the molecule is COc1ccc(Cl)cc1S(=O)(=O)Nc1ccc(NCCN(C)C)nc1. The monoisotopic (exact) mass is 384 g/mol. The molecule has 0 aliphatic heterocycles. The Morgan fingerprint density at radius 2 is 2.00 bits per heavy atom. The Balaban J connectivity index is 2.12. The molecule has 7 nitrogen and oxygen atoms in total. The highest BCUT2D eigenvalue weighted by molar-refractivity contribution is 7.92. The fourth-order valence-electron chi connectivity index (χ4n) is 2.04. The Morgan fingerprint density at radius 3 is 2.60 bits per heavy atom. The van der Waals surface area contributed by atoms with Crippen molar-refractivity contribution in [2.24, 2.45) is 0 Å². The molecule has 0 unspecified atom stereocenters. The lowest BCUT2D eigenvalue weighted by Crippen LogP contribution is -2.21. The normalized spacial score (nSPS) is 11.4. The molecule has 1 heterocycles. The van der Waals surface area contributed by atoms with E-state index in [4.69, 9.17) is 16.3 Å². The van der Waals surface area contributed by atoms with Crippen LogP contribution in [0.2, 0.25) is 5.02 Å². The zero-order chi connectivity index (χ0) is 18.4. The van der Waals surface area contributed by atoms with Crippen LogP contribution in [0.3, 0.4) is 0 Å². The zero-order valence-electron chi connectivity index (χ0n) is 14.3. The zero-order valence-corrected chi connectivity index (χ0v) is 15.9. The number of halogens is 1. The summed E-state index contributed by atoms with van der Waals surface area (Å²) in [6, 6.07) is 7.76. The summed E-state index contributed by atoms with van der Waals surface area (Å²) in [5.74, 6) is 0.886. The summed E-state index contributed by atoms with van der Waals surface area (Å²) in [4.78, 5) is 6.22. The van der Waals surface area contributed by atoms with Crippen LogP contribution in [0.1, 0.15) is 0 Å². The van der Waals surface area contributed by atoms with Crippen molar-refractivity contribution in [2.45, 2.75) is 4.90 Å². The average Bonchev–Trinajstić information content (AvgIpc) is 2.56. The van der Waals surface area contributed by atoms with Crippen LogP contribution in [0.4, 0.5) is 11.5 Å². The second-order valence-corrected chi connectivity index (χ2v) is 7.65. The molecule has 0 bridgehead atoms. The van der Waals surface area contributed by atoms with E-state index in [-0.39, 0.29) is 10.6 Å². The lowest BCUT2D eigenvalue weighted by atomic mass is 10.3. The number of methoxy groups -OCH3 is 1. The molecule has 0 saturated heterocycles. The number of likely N-dealkylation sites (N-methyl/N-ethyl adjacent to an activating group) is 1. The number of anilines is 2. The Morgan fingerprint density at radius 1 is 1.24 bits per heavy atom. The van der Waals surface area contributed by atoms with Crippen LogP contribution in [0.25, 0.3) is 0 Å². The summed E-state index contributed by atoms with van der Waals surface area (Å²) >= 11 is 5.90. The van der Waals surface area contributed by atoms with Crippen molar-refractivity contribution >= 4 is 33.1 Å². The van der Waals surface area contributed by atoms with Gasteiger partial charge in [-0.15, -0.1) is 0 Å². The highest BCUT2D eigenvalue weighted by Gasteiger charge is 2.20. The van der Waals surface area contributed by atoms with Crippen LogP contribution in [-0.4, -0.2) is 52.6 Å². The van der Waals surface area contributed by atoms with Crippen molar-refractivity contribution in [1.82, 2.24) is 9.88 Å². The van der Waals surface area contributed by atoms with Crippen molar-refractivity contribution in [3.05, 3.63) is 41.6 Å². The van der Waals surface area contributed by atoms with E-state index >= 15 is 0 Å². The molecule has 0 aliphatic rings. The number of pyridine rings is 1. The van der Waals surface area contributed by atoms with E-state index in [1.165, 1.54) is 25.4 Å². The first-order valence-electron chi connectivity index (χ1n) is 7.53. The summed E-state index contributed by atoms with van der Waals surface area (Å²) in [5, 5.41) is 3.46. The van der Waals surface area contributed by atoms with Gasteiger partial charge in [0.1, 0.15) is 16.5 Å².